The van der Waals surface area contributed by atoms with Crippen LogP contribution in [0.15, 0.2) is 0 Å². The van der Waals surface area contributed by atoms with Gasteiger partial charge in [0.05, 0.1) is 5.75 Å². The molecule has 0 bridgehead atoms. The van der Waals surface area contributed by atoms with Crippen LogP contribution in [0.25, 0.3) is 0 Å². The van der Waals surface area contributed by atoms with Crippen molar-refractivity contribution in [1.29, 1.82) is 0 Å². The topological polar surface area (TPSA) is 71.4 Å². The maximum Gasteiger partial charge on any atom is 2.00 e. The Morgan fingerprint density at radius 1 is 1.27 bits per heavy atom. The fourth-order valence-corrected chi connectivity index (χ4v) is 1.07. The minimum atomic E-state index is -4.93. The summed E-state index contributed by atoms with van der Waals surface area (Å²) in [6.45, 7) is 0. The second-order valence-corrected chi connectivity index (χ2v) is 3.88. The van der Waals surface area contributed by atoms with Crippen LogP contribution in [-0.4, -0.2) is 106 Å². The Labute approximate surface area is 151 Å². The van der Waals surface area contributed by atoms with Crippen LogP contribution in [-0.2, 0) is 14.9 Å². The summed E-state index contributed by atoms with van der Waals surface area (Å²) in [5.41, 5.74) is 0. The van der Waals surface area contributed by atoms with Crippen molar-refractivity contribution in [2.75, 3.05) is 5.75 Å². The summed E-state index contributed by atoms with van der Waals surface area (Å²) in [5, 5.41) is 0. The van der Waals surface area contributed by atoms with Crippen molar-refractivity contribution in [3.63, 3.8) is 0 Å². The molecule has 0 radical (unpaired) electrons. The van der Waals surface area contributed by atoms with Gasteiger partial charge in [-0.25, -0.2) is 0 Å². The van der Waals surface area contributed by atoms with Gasteiger partial charge in [-0.1, -0.05) is 0 Å². The molecule has 0 aliphatic rings. The summed E-state index contributed by atoms with van der Waals surface area (Å²) in [6, 6.07) is 0. The summed E-state index contributed by atoms with van der Waals surface area (Å²) < 4.78 is 62.7. The molecule has 0 saturated heterocycles. The summed E-state index contributed by atoms with van der Waals surface area (Å²) in [6.07, 6.45) is -6.39. The Kier molecular flexibility index (Phi) is 13.1. The van der Waals surface area contributed by atoms with E-state index in [-0.39, 0.29) is 81.2 Å². The van der Waals surface area contributed by atoms with Gasteiger partial charge in [-0.3, -0.25) is 9.35 Å². The fourth-order valence-electron chi connectivity index (χ4n) is 0.557. The molecule has 0 aliphatic heterocycles. The molecule has 0 unspecified atom stereocenters. The predicted octanol–water partition coefficient (Wildman–Crippen LogP) is 0.474. The molecule has 10 heteroatoms. The monoisotopic (exact) mass is 304 g/mol. The van der Waals surface area contributed by atoms with Crippen molar-refractivity contribution in [2.45, 2.75) is 19.0 Å². The number of alkyl halides is 3. The molecule has 0 aromatic carbocycles. The van der Waals surface area contributed by atoms with Gasteiger partial charge in [0.15, 0.2) is 0 Å². The maximum absolute atomic E-state index is 11.5. The molecular weight excluding hydrogens is 293 g/mol. The first-order valence-electron chi connectivity index (χ1n) is 3.18. The Morgan fingerprint density at radius 2 is 1.67 bits per heavy atom. The third kappa shape index (κ3) is 13.8. The summed E-state index contributed by atoms with van der Waals surface area (Å²) in [4.78, 5) is 10.1. The summed E-state index contributed by atoms with van der Waals surface area (Å²) in [7, 11) is -4.28. The van der Waals surface area contributed by atoms with Gasteiger partial charge < -0.3 is 5.71 Å². The Balaban J connectivity index is -0.0000000480. The molecule has 0 amide bonds. The second kappa shape index (κ2) is 8.90. The van der Waals surface area contributed by atoms with Crippen molar-refractivity contribution in [3.05, 3.63) is 0 Å². The summed E-state index contributed by atoms with van der Waals surface area (Å²) >= 11 is 0. The number of hydrogen-bond donors (Lipinski definition) is 1. The number of ketones is 1. The molecule has 15 heavy (non-hydrogen) atoms. The maximum atomic E-state index is 11.5. The molecule has 0 aromatic heterocycles. The molecule has 0 rings (SSSR count). The normalized spacial score (nSPS) is 11.2. The van der Waals surface area contributed by atoms with Crippen molar-refractivity contribution < 1.29 is 36.6 Å². The molecule has 0 fully saturated rings. The Morgan fingerprint density at radius 3 is 1.93 bits per heavy atom. The van der Waals surface area contributed by atoms with Gasteiger partial charge in [0, 0.05) is 6.42 Å². The van der Waals surface area contributed by atoms with E-state index in [1.165, 1.54) is 0 Å². The van der Waals surface area contributed by atoms with Crippen molar-refractivity contribution in [2.24, 2.45) is 0 Å². The molecule has 0 aliphatic carbocycles. The van der Waals surface area contributed by atoms with Crippen LogP contribution in [0, 0.1) is 0 Å². The molecular formula is C5H11Ca2F3O4S. The van der Waals surface area contributed by atoms with E-state index in [0.717, 1.165) is 0 Å². The minimum Gasteiger partial charge on any atom is -1.00 e. The van der Waals surface area contributed by atoms with Crippen LogP contribution in [0.1, 0.15) is 18.5 Å². The predicted molar refractivity (Wildman–Crippen MR) is 52.7 cm³/mol. The van der Waals surface area contributed by atoms with Gasteiger partial charge in [0.2, 0.25) is 5.78 Å². The molecule has 0 saturated carbocycles. The second-order valence-electron chi connectivity index (χ2n) is 2.31. The van der Waals surface area contributed by atoms with Gasteiger partial charge in [0.1, 0.15) is 0 Å². The first-order chi connectivity index (χ1) is 5.63. The smallest absolute Gasteiger partial charge is 1.00 e. The van der Waals surface area contributed by atoms with E-state index in [4.69, 9.17) is 4.55 Å². The Hall–Kier alpha value is 1.89. The van der Waals surface area contributed by atoms with Gasteiger partial charge in [0.25, 0.3) is 10.1 Å². The molecule has 0 spiro atoms. The SMILES string of the molecule is O=C(CCCS(=O)(=O)O)C(F)(F)F.[Ca+2].[Ca+2].[H-].[H-].[H-].[H-]. The van der Waals surface area contributed by atoms with E-state index in [1.54, 1.807) is 0 Å². The number of halogens is 3. The van der Waals surface area contributed by atoms with E-state index >= 15 is 0 Å². The largest absolute Gasteiger partial charge is 2.00 e. The quantitative estimate of drug-likeness (QED) is 0.605. The van der Waals surface area contributed by atoms with E-state index < -0.39 is 40.7 Å². The minimum absolute atomic E-state index is 0. The van der Waals surface area contributed by atoms with Crippen molar-refractivity contribution in [3.8, 4) is 0 Å². The number of carbonyl (C=O) groups excluding carboxylic acids is 1. The van der Waals surface area contributed by atoms with Crippen LogP contribution in [0.5, 0.6) is 0 Å². The van der Waals surface area contributed by atoms with Crippen LogP contribution >= 0.6 is 0 Å². The van der Waals surface area contributed by atoms with Crippen LogP contribution in [0.4, 0.5) is 13.2 Å². The van der Waals surface area contributed by atoms with Gasteiger partial charge in [-0.15, -0.1) is 0 Å². The molecule has 0 atom stereocenters. The van der Waals surface area contributed by atoms with Gasteiger partial charge in [-0.2, -0.15) is 21.6 Å². The van der Waals surface area contributed by atoms with Gasteiger partial charge >= 0.3 is 81.7 Å². The van der Waals surface area contributed by atoms with Gasteiger partial charge in [-0.05, 0) is 6.42 Å². The average molecular weight is 304 g/mol. The summed E-state index contributed by atoms with van der Waals surface area (Å²) in [5.74, 6) is -2.83. The van der Waals surface area contributed by atoms with Crippen molar-refractivity contribution >= 4 is 91.4 Å². The third-order valence-corrected chi connectivity index (χ3v) is 1.93. The van der Waals surface area contributed by atoms with E-state index in [2.05, 4.69) is 0 Å². The third-order valence-electron chi connectivity index (χ3n) is 1.12. The number of hydrogen-bond acceptors (Lipinski definition) is 3. The van der Waals surface area contributed by atoms with Crippen LogP contribution < -0.4 is 0 Å². The first kappa shape index (κ1) is 22.1. The standard InChI is InChI=1S/C5H7F3O4S.2Ca.4H/c6-5(7,8)4(9)2-1-3-13(10,11)12;;;;;;/h1-3H2,(H,10,11,12);;;;;;/q;2*+2;4*-1. The molecule has 4 nitrogen and oxygen atoms in total. The molecule has 0 heterocycles. The van der Waals surface area contributed by atoms with Crippen LogP contribution in [0.3, 0.4) is 0 Å². The van der Waals surface area contributed by atoms with E-state index in [0.29, 0.717) is 0 Å². The van der Waals surface area contributed by atoms with Crippen molar-refractivity contribution in [1.82, 2.24) is 0 Å². The Bertz CT molecular complexity index is 301. The van der Waals surface area contributed by atoms with E-state index in [9.17, 15) is 26.4 Å². The van der Waals surface area contributed by atoms with E-state index in [1.807, 2.05) is 0 Å². The molecule has 1 N–H and O–H groups in total. The molecule has 86 valence electrons. The van der Waals surface area contributed by atoms with Crippen LogP contribution in [0.2, 0.25) is 0 Å². The number of carbonyl (C=O) groups is 1. The first-order valence-corrected chi connectivity index (χ1v) is 4.79. The fraction of sp³-hybridized carbons (Fsp3) is 0.800. The zero-order valence-corrected chi connectivity index (χ0v) is 13.0. The zero-order valence-electron chi connectivity index (χ0n) is 11.7. The average Bonchev–Trinajstić information content (AvgIpc) is 1.82. The number of rotatable bonds is 4. The zero-order chi connectivity index (χ0) is 10.7. The number of Topliss-reactive ketones (excluding diaryl/α,β-unsaturated/α-hetero) is 1. The molecule has 0 aromatic rings.